The summed E-state index contributed by atoms with van der Waals surface area (Å²) < 4.78 is 5.87. The standard InChI is InChI=1S/C8H5BrN2O2/c9-7-2-1-6(13-7)8-10-3-5(4-12)11-8/h1-4H,(H,10,11). The summed E-state index contributed by atoms with van der Waals surface area (Å²) in [5.74, 6) is 1.15. The van der Waals surface area contributed by atoms with Crippen molar-refractivity contribution in [2.45, 2.75) is 0 Å². The summed E-state index contributed by atoms with van der Waals surface area (Å²) in [6.45, 7) is 0. The highest BCUT2D eigenvalue weighted by Crippen LogP contribution is 2.21. The molecule has 0 unspecified atom stereocenters. The van der Waals surface area contributed by atoms with Crippen molar-refractivity contribution in [1.82, 2.24) is 9.97 Å². The van der Waals surface area contributed by atoms with E-state index in [1.807, 2.05) is 0 Å². The number of rotatable bonds is 2. The molecule has 0 aliphatic carbocycles. The molecular formula is C8H5BrN2O2. The number of nitrogens with zero attached hydrogens (tertiary/aromatic N) is 1. The summed E-state index contributed by atoms with van der Waals surface area (Å²) in [5.41, 5.74) is 0.363. The number of aldehydes is 1. The zero-order chi connectivity index (χ0) is 9.26. The molecule has 0 amide bonds. The molecule has 0 bridgehead atoms. The van der Waals surface area contributed by atoms with Crippen molar-refractivity contribution in [2.75, 3.05) is 0 Å². The number of halogens is 1. The molecule has 0 aliphatic heterocycles. The first kappa shape index (κ1) is 8.25. The van der Waals surface area contributed by atoms with Crippen LogP contribution >= 0.6 is 15.9 Å². The minimum atomic E-state index is 0.363. The number of carbonyl (C=O) groups is 1. The predicted octanol–water partition coefficient (Wildman–Crippen LogP) is 2.24. The highest BCUT2D eigenvalue weighted by atomic mass is 79.9. The molecule has 0 saturated heterocycles. The zero-order valence-electron chi connectivity index (χ0n) is 6.45. The SMILES string of the molecule is O=Cc1c[nH]c(-c2ccc(Br)o2)n1. The van der Waals surface area contributed by atoms with Crippen LogP contribution in [-0.4, -0.2) is 16.3 Å². The van der Waals surface area contributed by atoms with E-state index < -0.39 is 0 Å². The number of H-pyrrole nitrogens is 1. The first-order valence-corrected chi connectivity index (χ1v) is 4.35. The van der Waals surface area contributed by atoms with Crippen molar-refractivity contribution in [2.24, 2.45) is 0 Å². The van der Waals surface area contributed by atoms with Crippen LogP contribution in [0.25, 0.3) is 11.6 Å². The van der Waals surface area contributed by atoms with E-state index in [9.17, 15) is 4.79 Å². The van der Waals surface area contributed by atoms with Crippen LogP contribution in [0.4, 0.5) is 0 Å². The highest BCUT2D eigenvalue weighted by molar-refractivity contribution is 9.10. The summed E-state index contributed by atoms with van der Waals surface area (Å²) in [7, 11) is 0. The van der Waals surface area contributed by atoms with Gasteiger partial charge in [0.15, 0.2) is 22.5 Å². The van der Waals surface area contributed by atoms with E-state index in [0.717, 1.165) is 0 Å². The highest BCUT2D eigenvalue weighted by Gasteiger charge is 2.06. The zero-order valence-corrected chi connectivity index (χ0v) is 8.04. The Morgan fingerprint density at radius 2 is 2.38 bits per heavy atom. The van der Waals surface area contributed by atoms with E-state index in [4.69, 9.17) is 4.42 Å². The fraction of sp³-hybridized carbons (Fsp3) is 0. The lowest BCUT2D eigenvalue weighted by Crippen LogP contribution is -1.78. The van der Waals surface area contributed by atoms with Crippen molar-refractivity contribution in [3.05, 3.63) is 28.7 Å². The second kappa shape index (κ2) is 3.18. The Balaban J connectivity index is 2.40. The van der Waals surface area contributed by atoms with Gasteiger partial charge in [-0.05, 0) is 28.1 Å². The fourth-order valence-electron chi connectivity index (χ4n) is 0.964. The molecule has 4 nitrogen and oxygen atoms in total. The van der Waals surface area contributed by atoms with Crippen LogP contribution in [0.5, 0.6) is 0 Å². The van der Waals surface area contributed by atoms with Gasteiger partial charge in [0.1, 0.15) is 5.69 Å². The summed E-state index contributed by atoms with van der Waals surface area (Å²) >= 11 is 3.18. The summed E-state index contributed by atoms with van der Waals surface area (Å²) in [4.78, 5) is 17.1. The van der Waals surface area contributed by atoms with Gasteiger partial charge in [0, 0.05) is 6.20 Å². The lowest BCUT2D eigenvalue weighted by molar-refractivity contribution is 0.111. The number of hydrogen-bond donors (Lipinski definition) is 1. The molecule has 0 atom stereocenters. The van der Waals surface area contributed by atoms with Gasteiger partial charge in [-0.15, -0.1) is 0 Å². The first-order valence-electron chi connectivity index (χ1n) is 3.56. The van der Waals surface area contributed by atoms with Crippen molar-refractivity contribution in [3.8, 4) is 11.6 Å². The molecule has 0 fully saturated rings. The molecule has 0 aliphatic rings. The third-order valence-corrected chi connectivity index (χ3v) is 1.95. The Labute approximate surface area is 82.1 Å². The molecule has 2 heterocycles. The number of furan rings is 1. The maximum atomic E-state index is 10.3. The van der Waals surface area contributed by atoms with E-state index in [2.05, 4.69) is 25.9 Å². The van der Waals surface area contributed by atoms with Gasteiger partial charge >= 0.3 is 0 Å². The molecule has 0 aromatic carbocycles. The quantitative estimate of drug-likeness (QED) is 0.820. The van der Waals surface area contributed by atoms with Gasteiger partial charge in [-0.2, -0.15) is 0 Å². The predicted molar refractivity (Wildman–Crippen MR) is 49.4 cm³/mol. The average molecular weight is 241 g/mol. The monoisotopic (exact) mass is 240 g/mol. The van der Waals surface area contributed by atoms with Gasteiger partial charge in [0.25, 0.3) is 0 Å². The van der Waals surface area contributed by atoms with Gasteiger partial charge in [0.2, 0.25) is 0 Å². The number of hydrogen-bond acceptors (Lipinski definition) is 3. The van der Waals surface area contributed by atoms with Crippen LogP contribution < -0.4 is 0 Å². The molecule has 1 N–H and O–H groups in total. The molecule has 13 heavy (non-hydrogen) atoms. The van der Waals surface area contributed by atoms with Crippen molar-refractivity contribution in [3.63, 3.8) is 0 Å². The maximum Gasteiger partial charge on any atom is 0.174 e. The number of carbonyl (C=O) groups excluding carboxylic acids is 1. The summed E-state index contributed by atoms with van der Waals surface area (Å²) in [6, 6.07) is 3.52. The van der Waals surface area contributed by atoms with Crippen LogP contribution in [0.3, 0.4) is 0 Å². The molecule has 2 rings (SSSR count). The number of aromatic nitrogens is 2. The van der Waals surface area contributed by atoms with Crippen molar-refractivity contribution in [1.29, 1.82) is 0 Å². The lowest BCUT2D eigenvalue weighted by atomic mass is 10.4. The Bertz CT molecular complexity index is 433. The van der Waals surface area contributed by atoms with Gasteiger partial charge in [-0.25, -0.2) is 4.98 Å². The molecule has 0 saturated carbocycles. The third kappa shape index (κ3) is 1.55. The average Bonchev–Trinajstić information content (AvgIpc) is 2.71. The normalized spacial score (nSPS) is 10.2. The van der Waals surface area contributed by atoms with Crippen molar-refractivity contribution >= 4 is 22.2 Å². The number of imidazole rings is 1. The minimum absolute atomic E-state index is 0.363. The van der Waals surface area contributed by atoms with E-state index in [1.165, 1.54) is 6.20 Å². The molecule has 66 valence electrons. The second-order valence-electron chi connectivity index (χ2n) is 2.40. The number of aromatic amines is 1. The molecule has 2 aromatic heterocycles. The second-order valence-corrected chi connectivity index (χ2v) is 3.18. The minimum Gasteiger partial charge on any atom is -0.446 e. The largest absolute Gasteiger partial charge is 0.446 e. The van der Waals surface area contributed by atoms with Crippen molar-refractivity contribution < 1.29 is 9.21 Å². The molecule has 0 radical (unpaired) electrons. The maximum absolute atomic E-state index is 10.3. The lowest BCUT2D eigenvalue weighted by Gasteiger charge is -1.86. The Morgan fingerprint density at radius 3 is 2.92 bits per heavy atom. The molecule has 2 aromatic rings. The molecule has 0 spiro atoms. The third-order valence-electron chi connectivity index (χ3n) is 1.53. The smallest absolute Gasteiger partial charge is 0.174 e. The van der Waals surface area contributed by atoms with Crippen LogP contribution in [0.2, 0.25) is 0 Å². The Morgan fingerprint density at radius 1 is 1.54 bits per heavy atom. The molecule has 5 heteroatoms. The van der Waals surface area contributed by atoms with Crippen LogP contribution in [0.15, 0.2) is 27.4 Å². The fourth-order valence-corrected chi connectivity index (χ4v) is 1.27. The van der Waals surface area contributed by atoms with Gasteiger partial charge in [-0.3, -0.25) is 4.79 Å². The van der Waals surface area contributed by atoms with Crippen LogP contribution in [0.1, 0.15) is 10.5 Å². The van der Waals surface area contributed by atoms with E-state index >= 15 is 0 Å². The Hall–Kier alpha value is -1.36. The molecular weight excluding hydrogens is 236 g/mol. The topological polar surface area (TPSA) is 58.9 Å². The van der Waals surface area contributed by atoms with Gasteiger partial charge in [0.05, 0.1) is 0 Å². The van der Waals surface area contributed by atoms with E-state index in [0.29, 0.717) is 28.2 Å². The van der Waals surface area contributed by atoms with Gasteiger partial charge < -0.3 is 9.40 Å². The van der Waals surface area contributed by atoms with Crippen LogP contribution in [0, 0.1) is 0 Å². The van der Waals surface area contributed by atoms with Crippen LogP contribution in [-0.2, 0) is 0 Å². The summed E-state index contributed by atoms with van der Waals surface area (Å²) in [5, 5.41) is 0. The van der Waals surface area contributed by atoms with Gasteiger partial charge in [-0.1, -0.05) is 0 Å². The van der Waals surface area contributed by atoms with E-state index in [1.54, 1.807) is 12.1 Å². The van der Waals surface area contributed by atoms with E-state index in [-0.39, 0.29) is 0 Å². The number of nitrogens with one attached hydrogen (secondary N) is 1. The summed E-state index contributed by atoms with van der Waals surface area (Å²) in [6.07, 6.45) is 2.21. The Kier molecular flexibility index (Phi) is 2.02. The first-order chi connectivity index (χ1) is 6.29.